The number of aromatic nitrogens is 3. The Morgan fingerprint density at radius 1 is 1.14 bits per heavy atom. The van der Waals surface area contributed by atoms with Crippen LogP contribution in [0.4, 0.5) is 13.2 Å². The fraction of sp³-hybridized carbons (Fsp3) is 0.250. The Hall–Kier alpha value is -3.36. The van der Waals surface area contributed by atoms with E-state index in [4.69, 9.17) is 10.5 Å². The number of hydrogen-bond donors (Lipinski definition) is 1. The third-order valence-corrected chi connectivity index (χ3v) is 4.96. The van der Waals surface area contributed by atoms with Gasteiger partial charge in [0.15, 0.2) is 5.69 Å². The highest BCUT2D eigenvalue weighted by molar-refractivity contribution is 5.82. The Balaban J connectivity index is 1.84. The fourth-order valence-electron chi connectivity index (χ4n) is 3.50. The van der Waals surface area contributed by atoms with Gasteiger partial charge in [-0.05, 0) is 36.2 Å². The topological polar surface area (TPSA) is 78.3 Å². The molecule has 1 aliphatic rings. The minimum absolute atomic E-state index is 0.0144. The van der Waals surface area contributed by atoms with Crippen molar-refractivity contribution in [3.63, 3.8) is 0 Å². The monoisotopic (exact) mass is 401 g/mol. The highest BCUT2D eigenvalue weighted by Gasteiger charge is 2.41. The minimum Gasteiger partial charge on any atom is -0.495 e. The maximum Gasteiger partial charge on any atom is 0.435 e. The van der Waals surface area contributed by atoms with Gasteiger partial charge in [-0.1, -0.05) is 18.2 Å². The van der Waals surface area contributed by atoms with Gasteiger partial charge in [0.2, 0.25) is 0 Å². The first-order valence-corrected chi connectivity index (χ1v) is 8.80. The van der Waals surface area contributed by atoms with Crippen LogP contribution < -0.4 is 10.5 Å². The quantitative estimate of drug-likeness (QED) is 0.727. The van der Waals surface area contributed by atoms with E-state index in [0.29, 0.717) is 17.0 Å². The first kappa shape index (κ1) is 19.0. The van der Waals surface area contributed by atoms with Crippen LogP contribution in [0.1, 0.15) is 23.9 Å². The maximum atomic E-state index is 13.2. The molecule has 0 fully saturated rings. The lowest BCUT2D eigenvalue weighted by molar-refractivity contribution is -0.141. The molecular formula is C20H18F3N5O. The molecule has 0 spiro atoms. The van der Waals surface area contributed by atoms with E-state index < -0.39 is 17.4 Å². The number of alkyl halides is 3. The van der Waals surface area contributed by atoms with Gasteiger partial charge in [0.05, 0.1) is 25.5 Å². The molecule has 2 aromatic heterocycles. The Labute approximate surface area is 164 Å². The van der Waals surface area contributed by atoms with Crippen molar-refractivity contribution in [2.75, 3.05) is 7.11 Å². The number of ether oxygens (including phenoxy) is 1. The van der Waals surface area contributed by atoms with E-state index >= 15 is 0 Å². The Kier molecular flexibility index (Phi) is 4.33. The van der Waals surface area contributed by atoms with Crippen molar-refractivity contribution in [1.29, 1.82) is 0 Å². The van der Waals surface area contributed by atoms with Crippen molar-refractivity contribution in [3.05, 3.63) is 65.7 Å². The Morgan fingerprint density at radius 2 is 1.93 bits per heavy atom. The van der Waals surface area contributed by atoms with E-state index in [1.165, 1.54) is 4.68 Å². The van der Waals surface area contributed by atoms with Crippen molar-refractivity contribution in [1.82, 2.24) is 14.8 Å². The van der Waals surface area contributed by atoms with Crippen molar-refractivity contribution in [2.45, 2.75) is 25.2 Å². The SMILES string of the molecule is COc1cncc(-c2cccc([C@@]3(C)N=C(N)Cn4nc(C(F)(F)F)cc43)c2)c1. The van der Waals surface area contributed by atoms with Gasteiger partial charge in [-0.15, -0.1) is 0 Å². The first-order valence-electron chi connectivity index (χ1n) is 8.80. The minimum atomic E-state index is -4.55. The number of nitrogens with two attached hydrogens (primary N) is 1. The van der Waals surface area contributed by atoms with E-state index in [9.17, 15) is 13.2 Å². The second kappa shape index (κ2) is 6.61. The molecule has 2 N–H and O–H groups in total. The molecule has 150 valence electrons. The van der Waals surface area contributed by atoms with E-state index in [1.54, 1.807) is 26.4 Å². The molecule has 1 aromatic carbocycles. The summed E-state index contributed by atoms with van der Waals surface area (Å²) in [4.78, 5) is 8.67. The van der Waals surface area contributed by atoms with E-state index in [2.05, 4.69) is 15.1 Å². The summed E-state index contributed by atoms with van der Waals surface area (Å²) in [5.74, 6) is 0.817. The zero-order chi connectivity index (χ0) is 20.8. The molecule has 0 saturated heterocycles. The molecule has 1 aliphatic heterocycles. The number of fused-ring (bicyclic) bond motifs is 1. The molecule has 3 aromatic rings. The predicted octanol–water partition coefficient (Wildman–Crippen LogP) is 3.61. The molecule has 1 atom stereocenters. The van der Waals surface area contributed by atoms with Gasteiger partial charge < -0.3 is 10.5 Å². The summed E-state index contributed by atoms with van der Waals surface area (Å²) in [6.07, 6.45) is -1.26. The molecule has 0 amide bonds. The zero-order valence-electron chi connectivity index (χ0n) is 15.7. The van der Waals surface area contributed by atoms with Crippen LogP contribution in [-0.4, -0.2) is 27.7 Å². The van der Waals surface area contributed by atoms with E-state index in [-0.39, 0.29) is 12.4 Å². The molecule has 29 heavy (non-hydrogen) atoms. The van der Waals surface area contributed by atoms with Gasteiger partial charge in [0.25, 0.3) is 0 Å². The molecule has 6 nitrogen and oxygen atoms in total. The first-order chi connectivity index (χ1) is 13.7. The van der Waals surface area contributed by atoms with Gasteiger partial charge in [-0.2, -0.15) is 18.3 Å². The number of nitrogens with zero attached hydrogens (tertiary/aromatic N) is 4. The second-order valence-corrected chi connectivity index (χ2v) is 6.94. The van der Waals surface area contributed by atoms with Crippen LogP contribution in [0.3, 0.4) is 0 Å². The van der Waals surface area contributed by atoms with Crippen molar-refractivity contribution < 1.29 is 17.9 Å². The molecule has 0 unspecified atom stereocenters. The average Bonchev–Trinajstić information content (AvgIpc) is 3.13. The van der Waals surface area contributed by atoms with Gasteiger partial charge >= 0.3 is 6.18 Å². The maximum absolute atomic E-state index is 13.2. The molecule has 4 rings (SSSR count). The second-order valence-electron chi connectivity index (χ2n) is 6.94. The summed E-state index contributed by atoms with van der Waals surface area (Å²) in [6, 6.07) is 10.3. The van der Waals surface area contributed by atoms with Gasteiger partial charge in [-0.3, -0.25) is 14.7 Å². The van der Waals surface area contributed by atoms with Crippen LogP contribution in [-0.2, 0) is 18.3 Å². The summed E-state index contributed by atoms with van der Waals surface area (Å²) in [7, 11) is 1.55. The van der Waals surface area contributed by atoms with Crippen LogP contribution in [0.15, 0.2) is 53.8 Å². The number of methoxy groups -OCH3 is 1. The number of halogens is 3. The lowest BCUT2D eigenvalue weighted by atomic mass is 9.86. The Morgan fingerprint density at radius 3 is 2.66 bits per heavy atom. The lowest BCUT2D eigenvalue weighted by Gasteiger charge is -2.31. The largest absolute Gasteiger partial charge is 0.495 e. The van der Waals surface area contributed by atoms with Crippen molar-refractivity contribution in [3.8, 4) is 16.9 Å². The summed E-state index contributed by atoms with van der Waals surface area (Å²) in [5.41, 5.74) is 6.54. The zero-order valence-corrected chi connectivity index (χ0v) is 15.7. The number of rotatable bonds is 3. The smallest absolute Gasteiger partial charge is 0.435 e. The third-order valence-electron chi connectivity index (χ3n) is 4.96. The average molecular weight is 401 g/mol. The summed E-state index contributed by atoms with van der Waals surface area (Å²) in [6.45, 7) is 1.75. The number of hydrogen-bond acceptors (Lipinski definition) is 5. The van der Waals surface area contributed by atoms with Gasteiger partial charge in [-0.25, -0.2) is 0 Å². The lowest BCUT2D eigenvalue weighted by Crippen LogP contribution is -2.36. The number of pyridine rings is 1. The predicted molar refractivity (Wildman–Crippen MR) is 102 cm³/mol. The van der Waals surface area contributed by atoms with Gasteiger partial charge in [0, 0.05) is 11.8 Å². The molecule has 9 heteroatoms. The number of amidine groups is 1. The number of benzene rings is 1. The van der Waals surface area contributed by atoms with Crippen LogP contribution in [0.25, 0.3) is 11.1 Å². The summed E-state index contributed by atoms with van der Waals surface area (Å²) < 4.78 is 46.1. The van der Waals surface area contributed by atoms with Crippen LogP contribution in [0, 0.1) is 0 Å². The van der Waals surface area contributed by atoms with Crippen LogP contribution in [0.5, 0.6) is 5.75 Å². The summed E-state index contributed by atoms with van der Waals surface area (Å²) in [5, 5.41) is 3.70. The fourth-order valence-corrected chi connectivity index (χ4v) is 3.50. The molecule has 0 aliphatic carbocycles. The standard InChI is InChI=1S/C20H18F3N5O/c1-19(17-8-16(20(21,22)23)27-28(17)11-18(24)26-19)14-5-3-4-12(6-14)13-7-15(29-2)10-25-9-13/h3-10H,11H2,1-2H3,(H2,24,26)/t19-/m1/s1. The normalized spacial score (nSPS) is 18.9. The molecule has 0 saturated carbocycles. The van der Waals surface area contributed by atoms with E-state index in [0.717, 1.165) is 17.2 Å². The summed E-state index contributed by atoms with van der Waals surface area (Å²) >= 11 is 0. The van der Waals surface area contributed by atoms with E-state index in [1.807, 2.05) is 30.3 Å². The molecule has 0 radical (unpaired) electrons. The van der Waals surface area contributed by atoms with Crippen LogP contribution >= 0.6 is 0 Å². The Bertz CT molecular complexity index is 1110. The van der Waals surface area contributed by atoms with Crippen molar-refractivity contribution >= 4 is 5.84 Å². The molecule has 3 heterocycles. The van der Waals surface area contributed by atoms with Gasteiger partial charge in [0.1, 0.15) is 17.1 Å². The molecular weight excluding hydrogens is 383 g/mol. The van der Waals surface area contributed by atoms with Crippen LogP contribution in [0.2, 0.25) is 0 Å². The molecule has 0 bridgehead atoms. The third kappa shape index (κ3) is 3.32. The highest BCUT2D eigenvalue weighted by Crippen LogP contribution is 2.40. The highest BCUT2D eigenvalue weighted by atomic mass is 19.4. The van der Waals surface area contributed by atoms with Crippen molar-refractivity contribution in [2.24, 2.45) is 10.7 Å². The number of aliphatic imine (C=N–C) groups is 1.